The number of ether oxygens (including phenoxy) is 1. The number of benzene rings is 1. The minimum absolute atomic E-state index is 0.138. The number of amides is 1. The van der Waals surface area contributed by atoms with Crippen molar-refractivity contribution in [2.45, 2.75) is 58.2 Å². The topological polar surface area (TPSA) is 77.3 Å². The average Bonchev–Trinajstić information content (AvgIpc) is 3.26. The number of carbonyl (C=O) groups excluding carboxylic acids is 2. The first-order chi connectivity index (χ1) is 15.5. The van der Waals surface area contributed by atoms with E-state index >= 15 is 0 Å². The van der Waals surface area contributed by atoms with Gasteiger partial charge in [0.1, 0.15) is 11.3 Å². The zero-order valence-electron chi connectivity index (χ0n) is 18.6. The predicted octanol–water partition coefficient (Wildman–Crippen LogP) is 4.27. The van der Waals surface area contributed by atoms with Crippen LogP contribution in [0.3, 0.4) is 0 Å². The average molecular weight is 433 g/mol. The molecule has 7 nitrogen and oxygen atoms in total. The molecule has 0 N–H and O–H groups in total. The Bertz CT molecular complexity index is 1070. The van der Waals surface area contributed by atoms with Crippen LogP contribution in [0, 0.1) is 0 Å². The number of hydrogen-bond donors (Lipinski definition) is 0. The number of aromatic nitrogens is 3. The fraction of sp³-hybridized carbons (Fsp3) is 0.360. The lowest BCUT2D eigenvalue weighted by Gasteiger charge is -2.40. The highest BCUT2D eigenvalue weighted by Crippen LogP contribution is 2.26. The second kappa shape index (κ2) is 9.34. The first-order valence-electron chi connectivity index (χ1n) is 11.0. The van der Waals surface area contributed by atoms with Gasteiger partial charge in [0.25, 0.3) is 5.91 Å². The van der Waals surface area contributed by atoms with Gasteiger partial charge in [-0.05, 0) is 64.3 Å². The maximum atomic E-state index is 13.2. The molecule has 0 radical (unpaired) electrons. The van der Waals surface area contributed by atoms with Crippen LogP contribution < -0.4 is 0 Å². The fourth-order valence-corrected chi connectivity index (χ4v) is 4.29. The van der Waals surface area contributed by atoms with Gasteiger partial charge in [-0.25, -0.2) is 9.48 Å². The molecular weight excluding hydrogens is 404 g/mol. The molecule has 3 unspecified atom stereocenters. The highest BCUT2D eigenvalue weighted by Gasteiger charge is 2.34. The predicted molar refractivity (Wildman–Crippen MR) is 121 cm³/mol. The standard InChI is InChI=1S/C25H28N4O3/c1-17-9-7-10-18(2)29(17)24(30)19(3)32-25(31)22-16-28(21-12-5-4-6-13-21)27-23(22)20-11-8-14-26-15-20/h4-6,8,11-19H,7,9-10H2,1-3H3. The van der Waals surface area contributed by atoms with Crippen molar-refractivity contribution in [2.75, 3.05) is 0 Å². The van der Waals surface area contributed by atoms with Crippen LogP contribution in [-0.2, 0) is 9.53 Å². The normalized spacial score (nSPS) is 19.4. The third kappa shape index (κ3) is 4.42. The monoisotopic (exact) mass is 432 g/mol. The summed E-state index contributed by atoms with van der Waals surface area (Å²) < 4.78 is 7.29. The van der Waals surface area contributed by atoms with Crippen molar-refractivity contribution < 1.29 is 14.3 Å². The number of pyridine rings is 1. The first-order valence-corrected chi connectivity index (χ1v) is 11.0. The van der Waals surface area contributed by atoms with Crippen molar-refractivity contribution in [2.24, 2.45) is 0 Å². The molecule has 0 aliphatic carbocycles. The SMILES string of the molecule is CC(OC(=O)c1cn(-c2ccccc2)nc1-c1cccnc1)C(=O)N1C(C)CCCC1C. The number of para-hydroxylation sites is 1. The first kappa shape index (κ1) is 21.7. The van der Waals surface area contributed by atoms with Gasteiger partial charge in [-0.15, -0.1) is 0 Å². The quantitative estimate of drug-likeness (QED) is 0.563. The fourth-order valence-electron chi connectivity index (χ4n) is 4.29. The van der Waals surface area contributed by atoms with E-state index in [1.54, 1.807) is 36.3 Å². The van der Waals surface area contributed by atoms with Gasteiger partial charge in [0.15, 0.2) is 6.10 Å². The summed E-state index contributed by atoms with van der Waals surface area (Å²) >= 11 is 0. The Morgan fingerprint density at radius 1 is 1.06 bits per heavy atom. The lowest BCUT2D eigenvalue weighted by Crippen LogP contribution is -2.51. The van der Waals surface area contributed by atoms with E-state index in [-0.39, 0.29) is 18.0 Å². The summed E-state index contributed by atoms with van der Waals surface area (Å²) in [5.74, 6) is -0.736. The molecule has 32 heavy (non-hydrogen) atoms. The largest absolute Gasteiger partial charge is 0.449 e. The van der Waals surface area contributed by atoms with E-state index in [1.165, 1.54) is 0 Å². The molecule has 7 heteroatoms. The van der Waals surface area contributed by atoms with Crippen LogP contribution >= 0.6 is 0 Å². The molecule has 0 saturated carbocycles. The maximum Gasteiger partial charge on any atom is 0.342 e. The molecule has 2 aromatic heterocycles. The number of likely N-dealkylation sites (tertiary alicyclic amines) is 1. The van der Waals surface area contributed by atoms with Crippen LogP contribution in [0.4, 0.5) is 0 Å². The van der Waals surface area contributed by atoms with E-state index in [4.69, 9.17) is 4.74 Å². The molecule has 166 valence electrons. The van der Waals surface area contributed by atoms with Crippen molar-refractivity contribution in [3.05, 3.63) is 66.6 Å². The highest BCUT2D eigenvalue weighted by atomic mass is 16.5. The van der Waals surface area contributed by atoms with Crippen molar-refractivity contribution in [1.82, 2.24) is 19.7 Å². The van der Waals surface area contributed by atoms with Crippen LogP contribution in [0.5, 0.6) is 0 Å². The Balaban J connectivity index is 1.61. The second-order valence-electron chi connectivity index (χ2n) is 8.34. The number of esters is 1. The van der Waals surface area contributed by atoms with Crippen LogP contribution in [0.1, 0.15) is 50.4 Å². The minimum Gasteiger partial charge on any atom is -0.449 e. The molecule has 0 spiro atoms. The molecule has 1 saturated heterocycles. The third-order valence-electron chi connectivity index (χ3n) is 5.97. The molecule has 4 rings (SSSR count). The molecule has 1 aliphatic rings. The zero-order chi connectivity index (χ0) is 22.7. The van der Waals surface area contributed by atoms with Gasteiger partial charge in [-0.2, -0.15) is 5.10 Å². The third-order valence-corrected chi connectivity index (χ3v) is 5.97. The smallest absolute Gasteiger partial charge is 0.342 e. The molecule has 0 bridgehead atoms. The molecule has 1 fully saturated rings. The van der Waals surface area contributed by atoms with E-state index < -0.39 is 12.1 Å². The van der Waals surface area contributed by atoms with Gasteiger partial charge in [-0.1, -0.05) is 18.2 Å². The second-order valence-corrected chi connectivity index (χ2v) is 8.34. The van der Waals surface area contributed by atoms with Crippen molar-refractivity contribution in [3.8, 4) is 16.9 Å². The van der Waals surface area contributed by atoms with Crippen LogP contribution in [0.15, 0.2) is 61.1 Å². The van der Waals surface area contributed by atoms with E-state index in [0.29, 0.717) is 16.8 Å². The Morgan fingerprint density at radius 2 is 1.78 bits per heavy atom. The Labute approximate surface area is 188 Å². The van der Waals surface area contributed by atoms with Crippen molar-refractivity contribution in [1.29, 1.82) is 0 Å². The van der Waals surface area contributed by atoms with Gasteiger partial charge in [0.2, 0.25) is 0 Å². The molecule has 1 aromatic carbocycles. The Hall–Kier alpha value is -3.48. The van der Waals surface area contributed by atoms with E-state index in [0.717, 1.165) is 24.9 Å². The summed E-state index contributed by atoms with van der Waals surface area (Å²) in [6.07, 6.45) is 7.11. The molecule has 3 aromatic rings. The molecule has 1 amide bonds. The summed E-state index contributed by atoms with van der Waals surface area (Å²) in [6, 6.07) is 13.4. The van der Waals surface area contributed by atoms with Gasteiger partial charge < -0.3 is 9.64 Å². The minimum atomic E-state index is -0.882. The number of hydrogen-bond acceptors (Lipinski definition) is 5. The number of nitrogens with zero attached hydrogens (tertiary/aromatic N) is 4. The Kier molecular flexibility index (Phi) is 6.35. The highest BCUT2D eigenvalue weighted by molar-refractivity contribution is 5.97. The lowest BCUT2D eigenvalue weighted by atomic mass is 9.97. The van der Waals surface area contributed by atoms with E-state index in [9.17, 15) is 9.59 Å². The summed E-state index contributed by atoms with van der Waals surface area (Å²) in [7, 11) is 0. The van der Waals surface area contributed by atoms with E-state index in [1.807, 2.05) is 55.1 Å². The zero-order valence-corrected chi connectivity index (χ0v) is 18.6. The summed E-state index contributed by atoms with van der Waals surface area (Å²) in [5.41, 5.74) is 2.27. The van der Waals surface area contributed by atoms with Gasteiger partial charge in [0.05, 0.1) is 5.69 Å². The summed E-state index contributed by atoms with van der Waals surface area (Å²) in [5, 5.41) is 4.62. The Morgan fingerprint density at radius 3 is 2.44 bits per heavy atom. The van der Waals surface area contributed by atoms with Crippen molar-refractivity contribution >= 4 is 11.9 Å². The summed E-state index contributed by atoms with van der Waals surface area (Å²) in [6.45, 7) is 5.73. The van der Waals surface area contributed by atoms with Gasteiger partial charge >= 0.3 is 5.97 Å². The van der Waals surface area contributed by atoms with Gasteiger partial charge in [0, 0.05) is 36.2 Å². The van der Waals surface area contributed by atoms with Crippen LogP contribution in [0.2, 0.25) is 0 Å². The van der Waals surface area contributed by atoms with Gasteiger partial charge in [-0.3, -0.25) is 9.78 Å². The maximum absolute atomic E-state index is 13.2. The molecular formula is C25H28N4O3. The van der Waals surface area contributed by atoms with Crippen LogP contribution in [0.25, 0.3) is 16.9 Å². The molecule has 3 heterocycles. The number of carbonyl (C=O) groups is 2. The number of rotatable bonds is 5. The van der Waals surface area contributed by atoms with Crippen LogP contribution in [-0.4, -0.2) is 49.7 Å². The molecule has 1 aliphatic heterocycles. The summed E-state index contributed by atoms with van der Waals surface area (Å²) in [4.78, 5) is 32.3. The number of piperidine rings is 1. The van der Waals surface area contributed by atoms with E-state index in [2.05, 4.69) is 10.1 Å². The van der Waals surface area contributed by atoms with Crippen molar-refractivity contribution in [3.63, 3.8) is 0 Å². The lowest BCUT2D eigenvalue weighted by molar-refractivity contribution is -0.146. The molecule has 3 atom stereocenters.